The number of benzene rings is 3. The van der Waals surface area contributed by atoms with E-state index in [1.165, 1.54) is 19.1 Å². The van der Waals surface area contributed by atoms with Gasteiger partial charge in [-0.25, -0.2) is 4.79 Å². The Bertz CT molecular complexity index is 1320. The van der Waals surface area contributed by atoms with Gasteiger partial charge in [0.25, 0.3) is 5.78 Å². The minimum atomic E-state index is -1.07. The zero-order valence-electron chi connectivity index (χ0n) is 20.1. The summed E-state index contributed by atoms with van der Waals surface area (Å²) in [7, 11) is 0. The Morgan fingerprint density at radius 2 is 1.57 bits per heavy atom. The van der Waals surface area contributed by atoms with Crippen LogP contribution in [-0.2, 0) is 20.7 Å². The number of carbonyl (C=O) groups is 3. The van der Waals surface area contributed by atoms with E-state index in [1.807, 2.05) is 48.5 Å². The minimum Gasteiger partial charge on any atom is -0.508 e. The van der Waals surface area contributed by atoms with Crippen molar-refractivity contribution in [2.75, 3.05) is 6.61 Å². The van der Waals surface area contributed by atoms with Gasteiger partial charge in [0.05, 0.1) is 6.04 Å². The summed E-state index contributed by atoms with van der Waals surface area (Å²) in [6.45, 7) is 1.52. The summed E-state index contributed by atoms with van der Waals surface area (Å²) in [5.74, 6) is -1.30. The lowest BCUT2D eigenvalue weighted by molar-refractivity contribution is -0.127. The predicted octanol–water partition coefficient (Wildman–Crippen LogP) is 3.22. The quantitative estimate of drug-likeness (QED) is 0.236. The van der Waals surface area contributed by atoms with Crippen molar-refractivity contribution in [1.82, 2.24) is 10.6 Å². The molecule has 0 saturated carbocycles. The molecule has 2 amide bonds. The van der Waals surface area contributed by atoms with E-state index in [4.69, 9.17) is 10.3 Å². The smallest absolute Gasteiger partial charge is 0.407 e. The van der Waals surface area contributed by atoms with Gasteiger partial charge in [0.15, 0.2) is 0 Å². The van der Waals surface area contributed by atoms with Crippen LogP contribution in [0.2, 0.25) is 0 Å². The number of aromatic hydroxyl groups is 1. The molecule has 1 aliphatic rings. The summed E-state index contributed by atoms with van der Waals surface area (Å²) in [6, 6.07) is 20.1. The molecule has 9 nitrogen and oxygen atoms in total. The monoisotopic (exact) mass is 498 g/mol. The first-order chi connectivity index (χ1) is 17.9. The van der Waals surface area contributed by atoms with Crippen molar-refractivity contribution in [3.8, 4) is 16.9 Å². The van der Waals surface area contributed by atoms with Crippen LogP contribution in [0.15, 0.2) is 72.8 Å². The lowest BCUT2D eigenvalue weighted by atomic mass is 9.98. The van der Waals surface area contributed by atoms with E-state index in [0.717, 1.165) is 22.3 Å². The number of nitrogens with one attached hydrogen (secondary N) is 2. The van der Waals surface area contributed by atoms with Crippen molar-refractivity contribution < 1.29 is 29.0 Å². The second-order valence-corrected chi connectivity index (χ2v) is 8.77. The lowest BCUT2D eigenvalue weighted by Gasteiger charge is -2.21. The van der Waals surface area contributed by atoms with E-state index in [9.17, 15) is 19.5 Å². The first-order valence-corrected chi connectivity index (χ1v) is 11.8. The number of fused-ring (bicyclic) bond motifs is 3. The number of alkyl carbamates (subject to hydrolysis) is 1. The third-order valence-electron chi connectivity index (χ3n) is 6.30. The number of Topliss-reactive ketones (excluding diaryl/α,β-unsaturated/α-hetero) is 1. The van der Waals surface area contributed by atoms with Crippen molar-refractivity contribution >= 4 is 24.0 Å². The Hall–Kier alpha value is -4.75. The fraction of sp³-hybridized carbons (Fsp3) is 0.214. The highest BCUT2D eigenvalue weighted by molar-refractivity contribution is 6.28. The van der Waals surface area contributed by atoms with Crippen LogP contribution < -0.4 is 10.6 Å². The second kappa shape index (κ2) is 11.3. The fourth-order valence-electron chi connectivity index (χ4n) is 4.41. The number of phenolic OH excluding ortho intramolecular Hbond substituents is 1. The number of amides is 2. The number of ether oxygens (including phenoxy) is 1. The van der Waals surface area contributed by atoms with E-state index in [2.05, 4.69) is 15.4 Å². The summed E-state index contributed by atoms with van der Waals surface area (Å²) in [4.78, 5) is 40.4. The van der Waals surface area contributed by atoms with E-state index < -0.39 is 29.9 Å². The molecule has 188 valence electrons. The molecule has 3 N–H and O–H groups in total. The first kappa shape index (κ1) is 25.3. The maximum atomic E-state index is 13.0. The molecule has 0 unspecified atom stereocenters. The molecule has 0 bridgehead atoms. The van der Waals surface area contributed by atoms with Gasteiger partial charge >= 0.3 is 12.3 Å². The minimum absolute atomic E-state index is 0.0664. The second-order valence-electron chi connectivity index (χ2n) is 8.77. The van der Waals surface area contributed by atoms with Gasteiger partial charge in [-0.1, -0.05) is 60.7 Å². The van der Waals surface area contributed by atoms with Gasteiger partial charge in [0.1, 0.15) is 18.4 Å². The van der Waals surface area contributed by atoms with Crippen molar-refractivity contribution in [3.63, 3.8) is 0 Å². The average molecular weight is 499 g/mol. The van der Waals surface area contributed by atoms with Crippen LogP contribution in [0.25, 0.3) is 16.7 Å². The molecule has 9 heteroatoms. The summed E-state index contributed by atoms with van der Waals surface area (Å²) in [5, 5.41) is 14.7. The van der Waals surface area contributed by atoms with E-state index in [-0.39, 0.29) is 24.7 Å². The van der Waals surface area contributed by atoms with E-state index in [1.54, 1.807) is 12.1 Å². The maximum absolute atomic E-state index is 13.0. The van der Waals surface area contributed by atoms with Crippen LogP contribution in [0.1, 0.15) is 29.5 Å². The van der Waals surface area contributed by atoms with Gasteiger partial charge in [-0.3, -0.25) is 9.59 Å². The van der Waals surface area contributed by atoms with Crippen LogP contribution in [0.5, 0.6) is 5.75 Å². The highest BCUT2D eigenvalue weighted by Crippen LogP contribution is 2.44. The number of hydrogen-bond acceptors (Lipinski definition) is 5. The largest absolute Gasteiger partial charge is 0.508 e. The topological polar surface area (TPSA) is 141 Å². The molecule has 37 heavy (non-hydrogen) atoms. The van der Waals surface area contributed by atoms with Crippen LogP contribution in [0.4, 0.5) is 4.79 Å². The van der Waals surface area contributed by atoms with Crippen molar-refractivity contribution in [3.05, 3.63) is 95.0 Å². The Labute approximate surface area is 213 Å². The summed E-state index contributed by atoms with van der Waals surface area (Å²) < 4.78 is 5.58. The molecule has 0 fully saturated rings. The number of carbonyl (C=O) groups excluding carboxylic acids is 3. The Morgan fingerprint density at radius 1 is 0.973 bits per heavy atom. The molecule has 0 aromatic heterocycles. The van der Waals surface area contributed by atoms with Gasteiger partial charge in [-0.05, 0) is 46.9 Å². The first-order valence-electron chi connectivity index (χ1n) is 11.8. The summed E-state index contributed by atoms with van der Waals surface area (Å²) >= 11 is 0. The van der Waals surface area contributed by atoms with Gasteiger partial charge in [0.2, 0.25) is 5.91 Å². The number of phenols is 1. The molecule has 0 spiro atoms. The van der Waals surface area contributed by atoms with Gasteiger partial charge in [-0.15, -0.1) is 0 Å². The van der Waals surface area contributed by atoms with Crippen molar-refractivity contribution in [2.45, 2.75) is 31.3 Å². The molecule has 0 heterocycles. The molecular formula is C28H26N4O5. The Balaban J connectivity index is 1.46. The highest BCUT2D eigenvalue weighted by Gasteiger charge is 2.30. The van der Waals surface area contributed by atoms with Crippen LogP contribution in [0.3, 0.4) is 0 Å². The summed E-state index contributed by atoms with van der Waals surface area (Å²) in [5.41, 5.74) is 13.6. The predicted molar refractivity (Wildman–Crippen MR) is 136 cm³/mol. The number of rotatable bonds is 9. The standard InChI is InChI=1S/C28H26N4O5/c1-17(26(34)15-30-29)31-27(35)25(14-18-10-12-19(33)13-11-18)32-28(36)37-16-24-22-8-4-2-6-20(22)21-7-3-5-9-23(21)24/h2-13,15,17,24-25,33H,14,16H2,1H3,(H,31,35)(H,32,36)/t17-,25-/m0/s1. The Kier molecular flexibility index (Phi) is 7.76. The molecule has 2 atom stereocenters. The van der Waals surface area contributed by atoms with Crippen molar-refractivity contribution in [1.29, 1.82) is 0 Å². The number of nitrogens with zero attached hydrogens (tertiary/aromatic N) is 2. The third kappa shape index (κ3) is 5.91. The van der Waals surface area contributed by atoms with Crippen LogP contribution in [-0.4, -0.2) is 52.6 Å². The van der Waals surface area contributed by atoms with E-state index in [0.29, 0.717) is 11.8 Å². The molecular weight excluding hydrogens is 472 g/mol. The molecule has 4 rings (SSSR count). The zero-order valence-corrected chi connectivity index (χ0v) is 20.1. The zero-order chi connectivity index (χ0) is 26.4. The van der Waals surface area contributed by atoms with Gasteiger partial charge in [-0.2, -0.15) is 4.79 Å². The number of ketones is 1. The molecule has 0 aliphatic heterocycles. The van der Waals surface area contributed by atoms with E-state index >= 15 is 0 Å². The lowest BCUT2D eigenvalue weighted by Crippen LogP contribution is -2.52. The normalized spacial score (nSPS) is 13.3. The molecule has 3 aromatic carbocycles. The Morgan fingerprint density at radius 3 is 2.16 bits per heavy atom. The molecule has 0 radical (unpaired) electrons. The third-order valence-corrected chi connectivity index (χ3v) is 6.30. The average Bonchev–Trinajstić information content (AvgIpc) is 3.22. The number of hydrogen-bond donors (Lipinski definition) is 3. The van der Waals surface area contributed by atoms with Gasteiger partial charge in [0, 0.05) is 12.3 Å². The van der Waals surface area contributed by atoms with Crippen molar-refractivity contribution in [2.24, 2.45) is 0 Å². The summed E-state index contributed by atoms with van der Waals surface area (Å²) in [6.07, 6.45) is 0.00111. The SMILES string of the molecule is C[C@H](NC(=O)[C@H](Cc1ccc(O)cc1)NC(=O)OCC1c2ccccc2-c2ccccc21)C(=O)C=[N+]=[N-]. The molecule has 3 aromatic rings. The maximum Gasteiger partial charge on any atom is 0.407 e. The molecule has 0 saturated heterocycles. The van der Waals surface area contributed by atoms with Crippen LogP contribution in [0, 0.1) is 0 Å². The highest BCUT2D eigenvalue weighted by atomic mass is 16.5. The van der Waals surface area contributed by atoms with Gasteiger partial charge < -0.3 is 26.0 Å². The molecule has 1 aliphatic carbocycles. The van der Waals surface area contributed by atoms with Crippen LogP contribution >= 0.6 is 0 Å². The fourth-order valence-corrected chi connectivity index (χ4v) is 4.41.